The molecule has 1 aromatic rings. The average Bonchev–Trinajstić information content (AvgIpc) is 2.40. The van der Waals surface area contributed by atoms with E-state index in [1.165, 1.54) is 0 Å². The molecule has 5 heteroatoms. The van der Waals surface area contributed by atoms with Gasteiger partial charge >= 0.3 is 0 Å². The van der Waals surface area contributed by atoms with Crippen LogP contribution in [0.15, 0.2) is 18.2 Å². The zero-order valence-electron chi connectivity index (χ0n) is 11.9. The number of ether oxygens (including phenoxy) is 2. The lowest BCUT2D eigenvalue weighted by Gasteiger charge is -2.25. The maximum absolute atomic E-state index is 14.1. The molecule has 108 valence electrons. The molecular formula is C14H23FN2O2. The van der Waals surface area contributed by atoms with E-state index in [2.05, 4.69) is 5.32 Å². The summed E-state index contributed by atoms with van der Waals surface area (Å²) in [5, 5.41) is 3.01. The fourth-order valence-corrected chi connectivity index (χ4v) is 1.88. The van der Waals surface area contributed by atoms with E-state index in [0.717, 1.165) is 5.56 Å². The number of hydrogen-bond donors (Lipinski definition) is 1. The van der Waals surface area contributed by atoms with E-state index >= 15 is 0 Å². The molecule has 1 rings (SSSR count). The summed E-state index contributed by atoms with van der Waals surface area (Å²) in [6, 6.07) is 5.31. The Kier molecular flexibility index (Phi) is 7.40. The predicted octanol–water partition coefficient (Wildman–Crippen LogP) is 1.64. The number of anilines is 1. The van der Waals surface area contributed by atoms with Gasteiger partial charge in [-0.3, -0.25) is 0 Å². The molecule has 0 amide bonds. The first-order chi connectivity index (χ1) is 9.22. The van der Waals surface area contributed by atoms with Gasteiger partial charge in [0.25, 0.3) is 0 Å². The first kappa shape index (κ1) is 15.9. The van der Waals surface area contributed by atoms with E-state index in [1.807, 2.05) is 24.1 Å². The maximum atomic E-state index is 14.1. The Labute approximate surface area is 114 Å². The van der Waals surface area contributed by atoms with Crippen molar-refractivity contribution in [1.29, 1.82) is 0 Å². The molecule has 0 spiro atoms. The van der Waals surface area contributed by atoms with E-state index in [9.17, 15) is 4.39 Å². The van der Waals surface area contributed by atoms with Crippen LogP contribution in [-0.4, -0.2) is 47.6 Å². The Morgan fingerprint density at radius 1 is 1.16 bits per heavy atom. The lowest BCUT2D eigenvalue weighted by Crippen LogP contribution is -2.31. The average molecular weight is 270 g/mol. The number of hydrogen-bond acceptors (Lipinski definition) is 4. The number of nitrogens with zero attached hydrogens (tertiary/aromatic N) is 1. The molecule has 0 bridgehead atoms. The van der Waals surface area contributed by atoms with Crippen molar-refractivity contribution in [2.45, 2.75) is 6.54 Å². The van der Waals surface area contributed by atoms with Crippen molar-refractivity contribution in [3.63, 3.8) is 0 Å². The zero-order chi connectivity index (χ0) is 14.1. The van der Waals surface area contributed by atoms with Gasteiger partial charge in [0.2, 0.25) is 0 Å². The molecule has 1 aromatic carbocycles. The van der Waals surface area contributed by atoms with Crippen LogP contribution in [0.1, 0.15) is 5.56 Å². The number of nitrogens with one attached hydrogen (secondary N) is 1. The van der Waals surface area contributed by atoms with Crippen LogP contribution in [-0.2, 0) is 16.0 Å². The molecule has 19 heavy (non-hydrogen) atoms. The smallest absolute Gasteiger partial charge is 0.146 e. The van der Waals surface area contributed by atoms with Gasteiger partial charge in [-0.05, 0) is 24.7 Å². The number of methoxy groups -OCH3 is 2. The highest BCUT2D eigenvalue weighted by Crippen LogP contribution is 2.20. The highest BCUT2D eigenvalue weighted by atomic mass is 19.1. The fourth-order valence-electron chi connectivity index (χ4n) is 1.88. The molecule has 1 N–H and O–H groups in total. The lowest BCUT2D eigenvalue weighted by atomic mass is 10.2. The van der Waals surface area contributed by atoms with E-state index in [-0.39, 0.29) is 5.82 Å². The standard InChI is InChI=1S/C14H23FN2O2/c1-16-11-12-4-5-14(13(15)10-12)17(6-8-18-2)7-9-19-3/h4-5,10,16H,6-9,11H2,1-3H3. The summed E-state index contributed by atoms with van der Waals surface area (Å²) < 4.78 is 24.2. The molecule has 0 aliphatic carbocycles. The quantitative estimate of drug-likeness (QED) is 0.740. The monoisotopic (exact) mass is 270 g/mol. The van der Waals surface area contributed by atoms with Crippen molar-refractivity contribution in [3.05, 3.63) is 29.6 Å². The minimum Gasteiger partial charge on any atom is -0.383 e. The Morgan fingerprint density at radius 2 is 1.79 bits per heavy atom. The fraction of sp³-hybridized carbons (Fsp3) is 0.571. The van der Waals surface area contributed by atoms with Gasteiger partial charge in [0.05, 0.1) is 18.9 Å². The van der Waals surface area contributed by atoms with Crippen molar-refractivity contribution >= 4 is 5.69 Å². The number of benzene rings is 1. The third-order valence-corrected chi connectivity index (χ3v) is 2.86. The Balaban J connectivity index is 2.81. The van der Waals surface area contributed by atoms with Crippen LogP contribution in [0.4, 0.5) is 10.1 Å². The molecule has 0 heterocycles. The summed E-state index contributed by atoms with van der Waals surface area (Å²) in [4.78, 5) is 1.94. The topological polar surface area (TPSA) is 33.7 Å². The molecule has 0 fully saturated rings. The third kappa shape index (κ3) is 5.14. The first-order valence-corrected chi connectivity index (χ1v) is 6.38. The van der Waals surface area contributed by atoms with Crippen LogP contribution < -0.4 is 10.2 Å². The van der Waals surface area contributed by atoms with Crippen LogP contribution in [0.3, 0.4) is 0 Å². The predicted molar refractivity (Wildman–Crippen MR) is 75.1 cm³/mol. The molecule has 0 radical (unpaired) electrons. The normalized spacial score (nSPS) is 10.7. The van der Waals surface area contributed by atoms with Gasteiger partial charge in [0.1, 0.15) is 5.82 Å². The third-order valence-electron chi connectivity index (χ3n) is 2.86. The minimum absolute atomic E-state index is 0.208. The van der Waals surface area contributed by atoms with Gasteiger partial charge in [-0.2, -0.15) is 0 Å². The maximum Gasteiger partial charge on any atom is 0.146 e. The molecule has 0 aromatic heterocycles. The van der Waals surface area contributed by atoms with Crippen LogP contribution in [0.25, 0.3) is 0 Å². The Bertz CT molecular complexity index is 366. The highest BCUT2D eigenvalue weighted by molar-refractivity contribution is 5.49. The largest absolute Gasteiger partial charge is 0.383 e. The summed E-state index contributed by atoms with van der Waals surface area (Å²) in [5.41, 5.74) is 1.52. The van der Waals surface area contributed by atoms with Crippen LogP contribution >= 0.6 is 0 Å². The minimum atomic E-state index is -0.208. The van der Waals surface area contributed by atoms with Crippen LogP contribution in [0, 0.1) is 5.82 Å². The summed E-state index contributed by atoms with van der Waals surface area (Å²) in [6.07, 6.45) is 0. The van der Waals surface area contributed by atoms with Gasteiger partial charge in [-0.25, -0.2) is 4.39 Å². The molecule has 0 aliphatic rings. The molecule has 0 saturated heterocycles. The van der Waals surface area contributed by atoms with Gasteiger partial charge in [-0.15, -0.1) is 0 Å². The van der Waals surface area contributed by atoms with E-state index in [0.29, 0.717) is 38.5 Å². The van der Waals surface area contributed by atoms with E-state index in [4.69, 9.17) is 9.47 Å². The summed E-state index contributed by atoms with van der Waals surface area (Å²) in [5.74, 6) is -0.208. The lowest BCUT2D eigenvalue weighted by molar-refractivity contribution is 0.190. The summed E-state index contributed by atoms with van der Waals surface area (Å²) >= 11 is 0. The van der Waals surface area contributed by atoms with Crippen molar-refractivity contribution < 1.29 is 13.9 Å². The summed E-state index contributed by atoms with van der Waals surface area (Å²) in [6.45, 7) is 3.06. The second-order valence-electron chi connectivity index (χ2n) is 4.29. The van der Waals surface area contributed by atoms with Gasteiger partial charge in [0, 0.05) is 33.9 Å². The molecule has 0 unspecified atom stereocenters. The van der Waals surface area contributed by atoms with Gasteiger partial charge in [-0.1, -0.05) is 6.07 Å². The van der Waals surface area contributed by atoms with Crippen LogP contribution in [0.2, 0.25) is 0 Å². The number of halogens is 1. The van der Waals surface area contributed by atoms with Gasteiger partial charge < -0.3 is 19.7 Å². The second-order valence-corrected chi connectivity index (χ2v) is 4.29. The van der Waals surface area contributed by atoms with Crippen LogP contribution in [0.5, 0.6) is 0 Å². The SMILES string of the molecule is CNCc1ccc(N(CCOC)CCOC)c(F)c1. The Hall–Kier alpha value is -1.17. The Morgan fingerprint density at radius 3 is 2.26 bits per heavy atom. The van der Waals surface area contributed by atoms with Crippen molar-refractivity contribution in [2.75, 3.05) is 52.5 Å². The van der Waals surface area contributed by atoms with E-state index < -0.39 is 0 Å². The second kappa shape index (κ2) is 8.85. The van der Waals surface area contributed by atoms with Gasteiger partial charge in [0.15, 0.2) is 0 Å². The molecule has 0 atom stereocenters. The van der Waals surface area contributed by atoms with Crippen molar-refractivity contribution in [2.24, 2.45) is 0 Å². The molecular weight excluding hydrogens is 247 g/mol. The molecule has 0 aliphatic heterocycles. The first-order valence-electron chi connectivity index (χ1n) is 6.38. The zero-order valence-corrected chi connectivity index (χ0v) is 11.9. The van der Waals surface area contributed by atoms with Crippen molar-refractivity contribution in [3.8, 4) is 0 Å². The van der Waals surface area contributed by atoms with E-state index in [1.54, 1.807) is 20.3 Å². The molecule has 0 saturated carbocycles. The molecule has 4 nitrogen and oxygen atoms in total. The number of rotatable bonds is 9. The summed E-state index contributed by atoms with van der Waals surface area (Å²) in [7, 11) is 5.12. The van der Waals surface area contributed by atoms with Crippen molar-refractivity contribution in [1.82, 2.24) is 5.32 Å². The highest BCUT2D eigenvalue weighted by Gasteiger charge is 2.11.